The third kappa shape index (κ3) is 5.77. The van der Waals surface area contributed by atoms with Crippen molar-refractivity contribution in [3.05, 3.63) is 185 Å². The number of rotatable bonds is 11. The smallest absolute Gasteiger partial charge is 0.184 e. The van der Waals surface area contributed by atoms with Crippen molar-refractivity contribution in [3.63, 3.8) is 0 Å². The van der Waals surface area contributed by atoms with Crippen LogP contribution < -0.4 is 4.74 Å². The van der Waals surface area contributed by atoms with Crippen LogP contribution in [-0.2, 0) is 25.0 Å². The molecule has 0 fully saturated rings. The highest BCUT2D eigenvalue weighted by atomic mass is 16.5. The van der Waals surface area contributed by atoms with Gasteiger partial charge in [0.05, 0.1) is 0 Å². The summed E-state index contributed by atoms with van der Waals surface area (Å²) in [5.41, 5.74) is 8.45. The molecule has 6 heteroatoms. The van der Waals surface area contributed by atoms with Crippen molar-refractivity contribution in [2.75, 3.05) is 0 Å². The zero-order valence-corrected chi connectivity index (χ0v) is 27.2. The van der Waals surface area contributed by atoms with Gasteiger partial charge in [0, 0.05) is 29.1 Å². The standard InChI is InChI=1S/C42H37N5O/c1-3-35-28-37(29-36(4-2)43-35)48-30-31-18-14-15-25-38(31)39-26-16-17-27-40(39)41-44-45-46-47(41)42(32-19-8-5-9-20-32,33-21-10-6-11-22-33)34-23-12-7-13-24-34/h5-29H,3-4,30H2,1-2H3. The van der Waals surface area contributed by atoms with Gasteiger partial charge in [0.25, 0.3) is 0 Å². The number of aryl methyl sites for hydroxylation is 2. The second kappa shape index (κ2) is 13.9. The van der Waals surface area contributed by atoms with Crippen molar-refractivity contribution in [1.29, 1.82) is 0 Å². The summed E-state index contributed by atoms with van der Waals surface area (Å²) in [5, 5.41) is 13.9. The lowest BCUT2D eigenvalue weighted by atomic mass is 9.77. The topological polar surface area (TPSA) is 65.7 Å². The van der Waals surface area contributed by atoms with Crippen LogP contribution in [-0.4, -0.2) is 25.2 Å². The lowest BCUT2D eigenvalue weighted by Gasteiger charge is -2.36. The molecule has 2 heterocycles. The molecule has 0 saturated heterocycles. The average molecular weight is 628 g/mol. The van der Waals surface area contributed by atoms with E-state index in [0.717, 1.165) is 68.9 Å². The number of benzene rings is 5. The molecular weight excluding hydrogens is 590 g/mol. The van der Waals surface area contributed by atoms with Crippen LogP contribution in [0.4, 0.5) is 0 Å². The van der Waals surface area contributed by atoms with Gasteiger partial charge in [0.15, 0.2) is 5.82 Å². The van der Waals surface area contributed by atoms with E-state index in [1.807, 2.05) is 41.1 Å². The Bertz CT molecular complexity index is 1990. The van der Waals surface area contributed by atoms with E-state index in [0.29, 0.717) is 12.4 Å². The summed E-state index contributed by atoms with van der Waals surface area (Å²) < 4.78 is 8.42. The van der Waals surface area contributed by atoms with Gasteiger partial charge >= 0.3 is 0 Å². The highest BCUT2D eigenvalue weighted by Crippen LogP contribution is 2.43. The fraction of sp³-hybridized carbons (Fsp3) is 0.143. The summed E-state index contributed by atoms with van der Waals surface area (Å²) in [5.74, 6) is 1.50. The summed E-state index contributed by atoms with van der Waals surface area (Å²) >= 11 is 0. The Morgan fingerprint density at radius 1 is 0.562 bits per heavy atom. The van der Waals surface area contributed by atoms with Gasteiger partial charge in [-0.05, 0) is 56.6 Å². The lowest BCUT2D eigenvalue weighted by molar-refractivity contribution is 0.305. The molecule has 0 atom stereocenters. The molecule has 0 aliphatic rings. The predicted octanol–water partition coefficient (Wildman–Crippen LogP) is 8.95. The van der Waals surface area contributed by atoms with E-state index in [2.05, 4.69) is 134 Å². The SMILES string of the molecule is CCc1cc(OCc2ccccc2-c2ccccc2-c2nnnn2C(c2ccccc2)(c2ccccc2)c2ccccc2)cc(CC)n1. The molecule has 0 radical (unpaired) electrons. The Labute approximate surface area is 281 Å². The van der Waals surface area contributed by atoms with Gasteiger partial charge in [-0.3, -0.25) is 4.98 Å². The van der Waals surface area contributed by atoms with Gasteiger partial charge in [-0.1, -0.05) is 153 Å². The van der Waals surface area contributed by atoms with E-state index in [-0.39, 0.29) is 0 Å². The molecule has 236 valence electrons. The quantitative estimate of drug-likeness (QED) is 0.134. The number of nitrogens with zero attached hydrogens (tertiary/aromatic N) is 5. The molecule has 6 nitrogen and oxygen atoms in total. The zero-order chi connectivity index (χ0) is 32.8. The maximum absolute atomic E-state index is 6.44. The third-order valence-corrected chi connectivity index (χ3v) is 8.86. The van der Waals surface area contributed by atoms with Gasteiger partial charge < -0.3 is 4.74 Å². The molecule has 0 aliphatic carbocycles. The molecular formula is C42H37N5O. The van der Waals surface area contributed by atoms with Crippen LogP contribution in [0.15, 0.2) is 152 Å². The minimum Gasteiger partial charge on any atom is -0.489 e. The minimum absolute atomic E-state index is 0.410. The Hall–Kier alpha value is -5.88. The first-order valence-corrected chi connectivity index (χ1v) is 16.5. The van der Waals surface area contributed by atoms with Crippen molar-refractivity contribution < 1.29 is 4.74 Å². The summed E-state index contributed by atoms with van der Waals surface area (Å²) in [6.07, 6.45) is 1.72. The fourth-order valence-electron chi connectivity index (χ4n) is 6.53. The summed E-state index contributed by atoms with van der Waals surface area (Å²) in [4.78, 5) is 4.72. The van der Waals surface area contributed by atoms with E-state index >= 15 is 0 Å². The molecule has 0 N–H and O–H groups in total. The number of aromatic nitrogens is 5. The lowest BCUT2D eigenvalue weighted by Crippen LogP contribution is -2.39. The van der Waals surface area contributed by atoms with Crippen LogP contribution in [0.3, 0.4) is 0 Å². The Morgan fingerprint density at radius 2 is 1.04 bits per heavy atom. The molecule has 7 rings (SSSR count). The highest BCUT2D eigenvalue weighted by molar-refractivity contribution is 5.82. The van der Waals surface area contributed by atoms with Crippen molar-refractivity contribution in [2.24, 2.45) is 0 Å². The third-order valence-electron chi connectivity index (χ3n) is 8.86. The average Bonchev–Trinajstić information content (AvgIpc) is 3.65. The fourth-order valence-corrected chi connectivity index (χ4v) is 6.53. The molecule has 0 bridgehead atoms. The first-order chi connectivity index (χ1) is 23.7. The van der Waals surface area contributed by atoms with Crippen LogP contribution >= 0.6 is 0 Å². The largest absolute Gasteiger partial charge is 0.489 e. The number of tetrazole rings is 1. The van der Waals surface area contributed by atoms with Crippen LogP contribution in [0.5, 0.6) is 5.75 Å². The maximum Gasteiger partial charge on any atom is 0.184 e. The summed E-state index contributed by atoms with van der Waals surface area (Å²) in [6, 6.07) is 52.3. The molecule has 2 aromatic heterocycles. The second-order valence-electron chi connectivity index (χ2n) is 11.7. The second-order valence-corrected chi connectivity index (χ2v) is 11.7. The monoisotopic (exact) mass is 627 g/mol. The van der Waals surface area contributed by atoms with E-state index in [4.69, 9.17) is 20.0 Å². The van der Waals surface area contributed by atoms with Gasteiger partial charge in [0.1, 0.15) is 17.9 Å². The molecule has 0 spiro atoms. The van der Waals surface area contributed by atoms with Crippen LogP contribution in [0.2, 0.25) is 0 Å². The first-order valence-electron chi connectivity index (χ1n) is 16.5. The normalized spacial score (nSPS) is 11.4. The van der Waals surface area contributed by atoms with Gasteiger partial charge in [0.2, 0.25) is 0 Å². The predicted molar refractivity (Wildman–Crippen MR) is 191 cm³/mol. The molecule has 0 saturated carbocycles. The molecule has 5 aromatic carbocycles. The Kier molecular flexibility index (Phi) is 8.88. The van der Waals surface area contributed by atoms with Crippen LogP contribution in [0.25, 0.3) is 22.5 Å². The van der Waals surface area contributed by atoms with E-state index in [9.17, 15) is 0 Å². The number of hydrogen-bond donors (Lipinski definition) is 0. The van der Waals surface area contributed by atoms with Gasteiger partial charge in [-0.15, -0.1) is 5.10 Å². The van der Waals surface area contributed by atoms with E-state index in [1.165, 1.54) is 0 Å². The van der Waals surface area contributed by atoms with Crippen LogP contribution in [0, 0.1) is 0 Å². The highest BCUT2D eigenvalue weighted by Gasteiger charge is 2.42. The number of ether oxygens (including phenoxy) is 1. The minimum atomic E-state index is -0.854. The Morgan fingerprint density at radius 3 is 1.58 bits per heavy atom. The van der Waals surface area contributed by atoms with Crippen molar-refractivity contribution in [1.82, 2.24) is 25.2 Å². The Balaban J connectivity index is 1.39. The first kappa shape index (κ1) is 30.8. The molecule has 0 aliphatic heterocycles. The number of pyridine rings is 1. The molecule has 48 heavy (non-hydrogen) atoms. The molecule has 0 unspecified atom stereocenters. The van der Waals surface area contributed by atoms with E-state index in [1.54, 1.807) is 0 Å². The van der Waals surface area contributed by atoms with Gasteiger partial charge in [-0.2, -0.15) is 0 Å². The van der Waals surface area contributed by atoms with Crippen molar-refractivity contribution in [2.45, 2.75) is 38.8 Å². The summed E-state index contributed by atoms with van der Waals surface area (Å²) in [7, 11) is 0. The number of hydrogen-bond acceptors (Lipinski definition) is 5. The van der Waals surface area contributed by atoms with E-state index < -0.39 is 5.54 Å². The van der Waals surface area contributed by atoms with Crippen molar-refractivity contribution in [3.8, 4) is 28.3 Å². The summed E-state index contributed by atoms with van der Waals surface area (Å²) in [6.45, 7) is 4.65. The molecule has 0 amide bonds. The zero-order valence-electron chi connectivity index (χ0n) is 27.2. The molecule has 7 aromatic rings. The maximum atomic E-state index is 6.44. The van der Waals surface area contributed by atoms with Crippen LogP contribution in [0.1, 0.15) is 47.5 Å². The van der Waals surface area contributed by atoms with Crippen molar-refractivity contribution >= 4 is 0 Å². The van der Waals surface area contributed by atoms with Gasteiger partial charge in [-0.25, -0.2) is 4.68 Å².